The minimum absolute atomic E-state index is 0.653. The van der Waals surface area contributed by atoms with E-state index in [9.17, 15) is 5.26 Å². The molecule has 2 aromatic carbocycles. The first-order valence-corrected chi connectivity index (χ1v) is 11.2. The Kier molecular flexibility index (Phi) is 4.59. The van der Waals surface area contributed by atoms with Gasteiger partial charge >= 0.3 is 0 Å². The fourth-order valence-corrected chi connectivity index (χ4v) is 4.80. The van der Waals surface area contributed by atoms with Crippen molar-refractivity contribution in [1.82, 2.24) is 9.97 Å². The number of anilines is 6. The second kappa shape index (κ2) is 7.78. The third-order valence-electron chi connectivity index (χ3n) is 6.46. The molecular weight excluding hydrogens is 422 g/mol. The van der Waals surface area contributed by atoms with Crippen LogP contribution in [0.2, 0.25) is 0 Å². The average molecular weight is 446 g/mol. The Morgan fingerprint density at radius 3 is 1.85 bits per heavy atom. The minimum atomic E-state index is 0.653. The summed E-state index contributed by atoms with van der Waals surface area (Å²) >= 11 is 0. The largest absolute Gasteiger partial charge is 0.354 e. The molecule has 7 heteroatoms. The van der Waals surface area contributed by atoms with Crippen LogP contribution in [-0.4, -0.2) is 37.4 Å². The van der Waals surface area contributed by atoms with Crippen molar-refractivity contribution in [2.45, 2.75) is 0 Å². The van der Waals surface area contributed by atoms with Crippen LogP contribution in [0.1, 0.15) is 5.56 Å². The second-order valence-corrected chi connectivity index (χ2v) is 8.62. The number of nitriles is 1. The fourth-order valence-electron chi connectivity index (χ4n) is 4.80. The molecule has 166 valence electrons. The lowest BCUT2D eigenvalue weighted by atomic mass is 9.99. The number of fused-ring (bicyclic) bond motifs is 2. The lowest BCUT2D eigenvalue weighted by molar-refractivity contribution is 0.933. The third-order valence-corrected chi connectivity index (χ3v) is 6.46. The van der Waals surface area contributed by atoms with Gasteiger partial charge in [0, 0.05) is 37.9 Å². The number of nitrogens with zero attached hydrogens (tertiary/aromatic N) is 7. The minimum Gasteiger partial charge on any atom is -0.354 e. The van der Waals surface area contributed by atoms with Crippen LogP contribution in [0.5, 0.6) is 0 Å². The van der Waals surface area contributed by atoms with E-state index in [4.69, 9.17) is 0 Å². The molecule has 0 N–H and O–H groups in total. The second-order valence-electron chi connectivity index (χ2n) is 8.62. The first kappa shape index (κ1) is 20.1. The molecule has 0 unspecified atom stereocenters. The summed E-state index contributed by atoms with van der Waals surface area (Å²) in [6, 6.07) is 24.7. The van der Waals surface area contributed by atoms with Crippen LogP contribution in [0.4, 0.5) is 34.4 Å². The molecule has 0 aliphatic carbocycles. The number of pyridine rings is 2. The van der Waals surface area contributed by atoms with Crippen LogP contribution in [0, 0.1) is 11.3 Å². The molecule has 0 spiro atoms. The van der Waals surface area contributed by atoms with Gasteiger partial charge in [-0.1, -0.05) is 18.2 Å². The van der Waals surface area contributed by atoms with E-state index in [-0.39, 0.29) is 0 Å². The number of hydrogen-bond acceptors (Lipinski definition) is 7. The zero-order valence-electron chi connectivity index (χ0n) is 19.1. The summed E-state index contributed by atoms with van der Waals surface area (Å²) in [4.78, 5) is 18.2. The van der Waals surface area contributed by atoms with Gasteiger partial charge in [-0.05, 0) is 59.7 Å². The molecule has 0 bridgehead atoms. The molecule has 4 heterocycles. The summed E-state index contributed by atoms with van der Waals surface area (Å²) in [6.07, 6.45) is 3.66. The molecule has 7 nitrogen and oxygen atoms in total. The zero-order chi connectivity index (χ0) is 23.2. The summed E-state index contributed by atoms with van der Waals surface area (Å²) in [7, 11) is 4.15. The van der Waals surface area contributed by atoms with Crippen molar-refractivity contribution < 1.29 is 0 Å². The first-order chi connectivity index (χ1) is 16.6. The standard InChI is InChI=1S/C27H23N7/c1-31-17-33(26-24(31)9-5-11-29-26)21-13-20(23-8-4-3-7-19(23)16-28)14-22(15-21)34-18-32(2)25-10-6-12-30-27(25)34/h3-15H,17-18H2,1-2H3. The Hall–Kier alpha value is -4.57. The Bertz CT molecular complexity index is 1360. The summed E-state index contributed by atoms with van der Waals surface area (Å²) in [5.41, 5.74) is 6.80. The Labute approximate surface area is 198 Å². The highest BCUT2D eigenvalue weighted by molar-refractivity contribution is 5.87. The molecule has 2 aromatic heterocycles. The number of benzene rings is 2. The van der Waals surface area contributed by atoms with Gasteiger partial charge < -0.3 is 19.6 Å². The summed E-state index contributed by atoms with van der Waals surface area (Å²) in [5, 5.41) is 9.77. The normalized spacial score (nSPS) is 14.3. The lowest BCUT2D eigenvalue weighted by Crippen LogP contribution is -2.26. The first-order valence-electron chi connectivity index (χ1n) is 11.2. The molecule has 0 saturated carbocycles. The van der Waals surface area contributed by atoms with E-state index in [0.29, 0.717) is 18.9 Å². The summed E-state index contributed by atoms with van der Waals surface area (Å²) < 4.78 is 0. The highest BCUT2D eigenvalue weighted by Gasteiger charge is 2.29. The van der Waals surface area contributed by atoms with Crippen LogP contribution >= 0.6 is 0 Å². The fraction of sp³-hybridized carbons (Fsp3) is 0.148. The van der Waals surface area contributed by atoms with E-state index in [2.05, 4.69) is 80.1 Å². The zero-order valence-corrected chi connectivity index (χ0v) is 19.1. The van der Waals surface area contributed by atoms with Crippen molar-refractivity contribution in [1.29, 1.82) is 5.26 Å². The number of rotatable bonds is 3. The molecule has 34 heavy (non-hydrogen) atoms. The molecule has 6 rings (SSSR count). The Morgan fingerprint density at radius 2 is 1.29 bits per heavy atom. The maximum absolute atomic E-state index is 9.77. The SMILES string of the molecule is CN1CN(c2cc(-c3ccccc3C#N)cc(N3CN(C)c4cccnc43)c2)c2ncccc21. The van der Waals surface area contributed by atoms with E-state index in [1.807, 2.05) is 48.8 Å². The van der Waals surface area contributed by atoms with Gasteiger partial charge in [-0.3, -0.25) is 0 Å². The monoisotopic (exact) mass is 445 g/mol. The van der Waals surface area contributed by atoms with Crippen molar-refractivity contribution in [3.05, 3.63) is 84.7 Å². The van der Waals surface area contributed by atoms with E-state index >= 15 is 0 Å². The Morgan fingerprint density at radius 1 is 0.735 bits per heavy atom. The van der Waals surface area contributed by atoms with Crippen LogP contribution in [0.3, 0.4) is 0 Å². The molecule has 0 amide bonds. The Balaban J connectivity index is 1.54. The lowest BCUT2D eigenvalue weighted by Gasteiger charge is -2.24. The van der Waals surface area contributed by atoms with Gasteiger partial charge in [0.2, 0.25) is 0 Å². The van der Waals surface area contributed by atoms with Crippen LogP contribution in [-0.2, 0) is 0 Å². The molecule has 2 aliphatic rings. The maximum Gasteiger partial charge on any atom is 0.158 e. The topological polar surface area (TPSA) is 62.5 Å². The summed E-state index contributed by atoms with van der Waals surface area (Å²) in [6.45, 7) is 1.40. The van der Waals surface area contributed by atoms with E-state index in [1.165, 1.54) is 0 Å². The molecule has 0 radical (unpaired) electrons. The predicted molar refractivity (Wildman–Crippen MR) is 136 cm³/mol. The van der Waals surface area contributed by atoms with Crippen molar-refractivity contribution in [2.24, 2.45) is 0 Å². The van der Waals surface area contributed by atoms with Gasteiger partial charge in [-0.15, -0.1) is 0 Å². The van der Waals surface area contributed by atoms with Crippen molar-refractivity contribution >= 4 is 34.4 Å². The third kappa shape index (κ3) is 3.11. The van der Waals surface area contributed by atoms with Gasteiger partial charge in [-0.2, -0.15) is 5.26 Å². The summed E-state index contributed by atoms with van der Waals surface area (Å²) in [5.74, 6) is 1.86. The van der Waals surface area contributed by atoms with Crippen LogP contribution in [0.25, 0.3) is 11.1 Å². The quantitative estimate of drug-likeness (QED) is 0.434. The molecule has 0 saturated heterocycles. The number of hydrogen-bond donors (Lipinski definition) is 0. The van der Waals surface area contributed by atoms with Crippen molar-refractivity contribution in [3.8, 4) is 17.2 Å². The number of aromatic nitrogens is 2. The van der Waals surface area contributed by atoms with Crippen molar-refractivity contribution in [2.75, 3.05) is 47.0 Å². The van der Waals surface area contributed by atoms with Gasteiger partial charge in [0.1, 0.15) is 0 Å². The van der Waals surface area contributed by atoms with E-state index in [0.717, 1.165) is 45.5 Å². The maximum atomic E-state index is 9.77. The van der Waals surface area contributed by atoms with E-state index < -0.39 is 0 Å². The van der Waals surface area contributed by atoms with Crippen LogP contribution in [0.15, 0.2) is 79.1 Å². The van der Waals surface area contributed by atoms with Gasteiger partial charge in [0.05, 0.1) is 36.3 Å². The molecular formula is C27H23N7. The molecule has 0 atom stereocenters. The van der Waals surface area contributed by atoms with Gasteiger partial charge in [0.25, 0.3) is 0 Å². The van der Waals surface area contributed by atoms with Gasteiger partial charge in [0.15, 0.2) is 11.6 Å². The van der Waals surface area contributed by atoms with Gasteiger partial charge in [-0.25, -0.2) is 9.97 Å². The van der Waals surface area contributed by atoms with Crippen molar-refractivity contribution in [3.63, 3.8) is 0 Å². The molecule has 4 aromatic rings. The van der Waals surface area contributed by atoms with Crippen LogP contribution < -0.4 is 19.6 Å². The predicted octanol–water partition coefficient (Wildman–Crippen LogP) is 5.11. The average Bonchev–Trinajstić information content (AvgIpc) is 3.41. The van der Waals surface area contributed by atoms with E-state index in [1.54, 1.807) is 0 Å². The molecule has 2 aliphatic heterocycles. The smallest absolute Gasteiger partial charge is 0.158 e. The molecule has 0 fully saturated rings. The highest BCUT2D eigenvalue weighted by atomic mass is 15.4. The highest BCUT2D eigenvalue weighted by Crippen LogP contribution is 2.44.